The molecule has 0 N–H and O–H groups in total. The van der Waals surface area contributed by atoms with Gasteiger partial charge in [0.15, 0.2) is 11.0 Å². The van der Waals surface area contributed by atoms with E-state index < -0.39 is 0 Å². The number of imidazole rings is 1. The van der Waals surface area contributed by atoms with Crippen LogP contribution in [-0.2, 0) is 24.9 Å². The van der Waals surface area contributed by atoms with E-state index in [0.717, 1.165) is 0 Å². The van der Waals surface area contributed by atoms with E-state index in [1.54, 1.807) is 0 Å². The second kappa shape index (κ2) is 6.82. The van der Waals surface area contributed by atoms with Gasteiger partial charge in [0.2, 0.25) is 0 Å². The van der Waals surface area contributed by atoms with Crippen LogP contribution < -0.4 is 4.57 Å². The summed E-state index contributed by atoms with van der Waals surface area (Å²) in [4.78, 5) is 0. The van der Waals surface area contributed by atoms with Crippen LogP contribution >= 0.6 is 0 Å². The fourth-order valence-electron chi connectivity index (χ4n) is 6.48. The molecule has 0 aliphatic heterocycles. The summed E-state index contributed by atoms with van der Waals surface area (Å²) in [6.07, 6.45) is 0. The van der Waals surface area contributed by atoms with Crippen molar-refractivity contribution in [2.75, 3.05) is 0 Å². The van der Waals surface area contributed by atoms with Gasteiger partial charge in [0.25, 0.3) is 5.82 Å². The molecule has 170 valence electrons. The molecule has 5 aromatic rings. The second-order valence-corrected chi connectivity index (χ2v) is 11.1. The SMILES string of the molecule is Cc1ccc2c(c1-c1n(C)c3ccccc3[n+]1C)C(C)(C)C(C)(C)c1c-2ccc2ccccc12. The summed E-state index contributed by atoms with van der Waals surface area (Å²) in [6, 6.07) is 26.9. The lowest BCUT2D eigenvalue weighted by atomic mass is 9.53. The topological polar surface area (TPSA) is 8.81 Å². The van der Waals surface area contributed by atoms with Crippen molar-refractivity contribution in [2.45, 2.75) is 45.4 Å². The van der Waals surface area contributed by atoms with Crippen molar-refractivity contribution >= 4 is 21.8 Å². The average Bonchev–Trinajstić information content (AvgIpc) is 3.07. The quantitative estimate of drug-likeness (QED) is 0.238. The number of para-hydroxylation sites is 2. The Labute approximate surface area is 202 Å². The first-order chi connectivity index (χ1) is 16.2. The third kappa shape index (κ3) is 2.49. The Morgan fingerprint density at radius 2 is 1.32 bits per heavy atom. The molecule has 6 rings (SSSR count). The number of hydrogen-bond acceptors (Lipinski definition) is 0. The van der Waals surface area contributed by atoms with Crippen molar-refractivity contribution in [3.8, 4) is 22.5 Å². The third-order valence-electron chi connectivity index (χ3n) is 8.91. The Kier molecular flexibility index (Phi) is 4.25. The first-order valence-electron chi connectivity index (χ1n) is 12.3. The van der Waals surface area contributed by atoms with Gasteiger partial charge in [0, 0.05) is 10.8 Å². The lowest BCUT2D eigenvalue weighted by Gasteiger charge is -2.49. The summed E-state index contributed by atoms with van der Waals surface area (Å²) in [5, 5.41) is 2.70. The molecule has 0 saturated carbocycles. The van der Waals surface area contributed by atoms with Gasteiger partial charge in [-0.25, -0.2) is 9.13 Å². The van der Waals surface area contributed by atoms with Crippen molar-refractivity contribution in [3.63, 3.8) is 0 Å². The summed E-state index contributed by atoms with van der Waals surface area (Å²) in [7, 11) is 4.41. The molecule has 1 heterocycles. The van der Waals surface area contributed by atoms with E-state index in [9.17, 15) is 0 Å². The van der Waals surface area contributed by atoms with Crippen LogP contribution in [0.1, 0.15) is 44.4 Å². The molecule has 0 bridgehead atoms. The Morgan fingerprint density at radius 3 is 2.09 bits per heavy atom. The standard InChI is InChI=1S/C32H33N2/c1-20-16-18-24-23-19-17-21-12-8-9-13-22(21)28(23)31(2,3)32(4,5)29(24)27(20)30-33(6)25-14-10-11-15-26(25)34(30)7/h8-19H,1-7H3/q+1. The lowest BCUT2D eigenvalue weighted by Crippen LogP contribution is -2.45. The van der Waals surface area contributed by atoms with Gasteiger partial charge in [-0.3, -0.25) is 0 Å². The van der Waals surface area contributed by atoms with E-state index in [1.165, 1.54) is 61.0 Å². The van der Waals surface area contributed by atoms with E-state index in [-0.39, 0.29) is 10.8 Å². The van der Waals surface area contributed by atoms with E-state index in [4.69, 9.17) is 0 Å². The van der Waals surface area contributed by atoms with Gasteiger partial charge >= 0.3 is 0 Å². The van der Waals surface area contributed by atoms with Crippen LogP contribution in [-0.4, -0.2) is 4.57 Å². The van der Waals surface area contributed by atoms with Gasteiger partial charge in [-0.1, -0.05) is 88.4 Å². The molecule has 2 nitrogen and oxygen atoms in total. The highest BCUT2D eigenvalue weighted by Crippen LogP contribution is 2.58. The highest BCUT2D eigenvalue weighted by Gasteiger charge is 2.49. The molecule has 4 aromatic carbocycles. The molecule has 0 amide bonds. The normalized spacial score (nSPS) is 16.0. The minimum Gasteiger partial charge on any atom is -0.226 e. The maximum atomic E-state index is 2.45. The summed E-state index contributed by atoms with van der Waals surface area (Å²) in [5.41, 5.74) is 10.8. The van der Waals surface area contributed by atoms with E-state index in [0.29, 0.717) is 0 Å². The first-order valence-corrected chi connectivity index (χ1v) is 12.3. The monoisotopic (exact) mass is 445 g/mol. The van der Waals surface area contributed by atoms with Crippen LogP contribution in [0.5, 0.6) is 0 Å². The van der Waals surface area contributed by atoms with Gasteiger partial charge in [-0.2, -0.15) is 0 Å². The zero-order chi connectivity index (χ0) is 24.0. The van der Waals surface area contributed by atoms with Gasteiger partial charge in [0.1, 0.15) is 0 Å². The minimum atomic E-state index is -0.0791. The molecule has 1 aliphatic rings. The van der Waals surface area contributed by atoms with Crippen molar-refractivity contribution in [2.24, 2.45) is 14.1 Å². The van der Waals surface area contributed by atoms with Gasteiger partial charge in [-0.05, 0) is 57.6 Å². The number of aryl methyl sites for hydroxylation is 3. The predicted molar refractivity (Wildman–Crippen MR) is 143 cm³/mol. The molecule has 1 aliphatic carbocycles. The highest BCUT2D eigenvalue weighted by molar-refractivity contribution is 5.97. The van der Waals surface area contributed by atoms with Crippen molar-refractivity contribution in [3.05, 3.63) is 89.5 Å². The molecule has 0 unspecified atom stereocenters. The summed E-state index contributed by atoms with van der Waals surface area (Å²) in [5.74, 6) is 1.27. The largest absolute Gasteiger partial charge is 0.289 e. The van der Waals surface area contributed by atoms with Crippen LogP contribution in [0.2, 0.25) is 0 Å². The summed E-state index contributed by atoms with van der Waals surface area (Å²) < 4.78 is 4.74. The smallest absolute Gasteiger partial charge is 0.226 e. The number of fused-ring (bicyclic) bond motifs is 6. The Hall–Kier alpha value is -3.39. The fraction of sp³-hybridized carbons (Fsp3) is 0.281. The van der Waals surface area contributed by atoms with E-state index in [1.807, 2.05) is 0 Å². The highest BCUT2D eigenvalue weighted by atomic mass is 15.1. The maximum Gasteiger partial charge on any atom is 0.289 e. The molecule has 1 aromatic heterocycles. The second-order valence-electron chi connectivity index (χ2n) is 11.1. The Bertz CT molecular complexity index is 1590. The van der Waals surface area contributed by atoms with Crippen LogP contribution in [0.4, 0.5) is 0 Å². The molecule has 0 spiro atoms. The Balaban J connectivity index is 1.80. The molecule has 0 fully saturated rings. The molecule has 0 atom stereocenters. The molecule has 2 heteroatoms. The lowest BCUT2D eigenvalue weighted by molar-refractivity contribution is -0.634. The zero-order valence-electron chi connectivity index (χ0n) is 21.3. The average molecular weight is 446 g/mol. The molecule has 34 heavy (non-hydrogen) atoms. The van der Waals surface area contributed by atoms with Crippen molar-refractivity contribution in [1.82, 2.24) is 4.57 Å². The molecular formula is C32H33N2+. The molecular weight excluding hydrogens is 412 g/mol. The van der Waals surface area contributed by atoms with Gasteiger partial charge < -0.3 is 0 Å². The maximum absolute atomic E-state index is 2.45. The van der Waals surface area contributed by atoms with Crippen molar-refractivity contribution < 1.29 is 4.57 Å². The molecule has 0 saturated heterocycles. The van der Waals surface area contributed by atoms with Crippen LogP contribution in [0.25, 0.3) is 44.3 Å². The van der Waals surface area contributed by atoms with E-state index >= 15 is 0 Å². The minimum absolute atomic E-state index is 0.0537. The summed E-state index contributed by atoms with van der Waals surface area (Å²) in [6.45, 7) is 12.0. The van der Waals surface area contributed by atoms with Gasteiger partial charge in [0.05, 0.1) is 19.7 Å². The van der Waals surface area contributed by atoms with Crippen molar-refractivity contribution in [1.29, 1.82) is 0 Å². The number of rotatable bonds is 1. The fourth-order valence-corrected chi connectivity index (χ4v) is 6.48. The van der Waals surface area contributed by atoms with Gasteiger partial charge in [-0.15, -0.1) is 0 Å². The predicted octanol–water partition coefficient (Wildman–Crippen LogP) is 7.37. The molecule has 0 radical (unpaired) electrons. The summed E-state index contributed by atoms with van der Waals surface area (Å²) >= 11 is 0. The number of benzene rings is 4. The zero-order valence-corrected chi connectivity index (χ0v) is 21.3. The number of nitrogens with zero attached hydrogens (tertiary/aromatic N) is 2. The van der Waals surface area contributed by atoms with Crippen LogP contribution in [0.15, 0.2) is 72.8 Å². The third-order valence-corrected chi connectivity index (χ3v) is 8.91. The van der Waals surface area contributed by atoms with E-state index in [2.05, 4.69) is 131 Å². The van der Waals surface area contributed by atoms with Crippen LogP contribution in [0, 0.1) is 6.92 Å². The first kappa shape index (κ1) is 21.2. The number of hydrogen-bond donors (Lipinski definition) is 0. The number of aromatic nitrogens is 2. The Morgan fingerprint density at radius 1 is 0.706 bits per heavy atom. The van der Waals surface area contributed by atoms with Crippen LogP contribution in [0.3, 0.4) is 0 Å².